The van der Waals surface area contributed by atoms with E-state index < -0.39 is 0 Å². The smallest absolute Gasteiger partial charge is 0.124 e. The number of hydrogen-bond donors (Lipinski definition) is 1. The molecule has 0 radical (unpaired) electrons. The summed E-state index contributed by atoms with van der Waals surface area (Å²) < 4.78 is 19.7. The minimum atomic E-state index is -0.190. The largest absolute Gasteiger partial charge is 0.381 e. The van der Waals surface area contributed by atoms with Gasteiger partial charge in [-0.2, -0.15) is 0 Å². The molecule has 0 aromatic heterocycles. The lowest BCUT2D eigenvalue weighted by Crippen LogP contribution is -2.41. The SMILES string of the molecule is CC(C)CNCC1(Cc2ccc(F)cc2Br)CCOCC1. The zero-order chi connectivity index (χ0) is 15.3. The van der Waals surface area contributed by atoms with Crippen LogP contribution in [0.4, 0.5) is 4.39 Å². The molecule has 0 unspecified atom stereocenters. The molecule has 2 rings (SSSR count). The van der Waals surface area contributed by atoms with E-state index in [-0.39, 0.29) is 11.2 Å². The highest BCUT2D eigenvalue weighted by molar-refractivity contribution is 9.10. The summed E-state index contributed by atoms with van der Waals surface area (Å²) >= 11 is 3.50. The van der Waals surface area contributed by atoms with Crippen LogP contribution in [0.1, 0.15) is 32.3 Å². The van der Waals surface area contributed by atoms with E-state index in [1.165, 1.54) is 5.56 Å². The first kappa shape index (κ1) is 16.9. The highest BCUT2D eigenvalue weighted by Crippen LogP contribution is 2.36. The Morgan fingerprint density at radius 1 is 1.33 bits per heavy atom. The van der Waals surface area contributed by atoms with Crippen molar-refractivity contribution in [1.29, 1.82) is 0 Å². The summed E-state index contributed by atoms with van der Waals surface area (Å²) in [7, 11) is 0. The summed E-state index contributed by atoms with van der Waals surface area (Å²) in [5, 5.41) is 3.60. The Morgan fingerprint density at radius 2 is 2.05 bits per heavy atom. The molecule has 0 spiro atoms. The first-order valence-corrected chi connectivity index (χ1v) is 8.52. The molecule has 2 nitrogen and oxygen atoms in total. The van der Waals surface area contributed by atoms with E-state index in [0.717, 1.165) is 50.0 Å². The molecule has 1 heterocycles. The van der Waals surface area contributed by atoms with E-state index in [9.17, 15) is 4.39 Å². The van der Waals surface area contributed by atoms with Gasteiger partial charge >= 0.3 is 0 Å². The molecular weight excluding hydrogens is 333 g/mol. The van der Waals surface area contributed by atoms with Gasteiger partial charge in [-0.15, -0.1) is 0 Å². The maximum absolute atomic E-state index is 13.3. The maximum Gasteiger partial charge on any atom is 0.124 e. The Hall–Kier alpha value is -0.450. The Morgan fingerprint density at radius 3 is 2.67 bits per heavy atom. The Bertz CT molecular complexity index is 458. The second-order valence-corrected chi connectivity index (χ2v) is 7.40. The lowest BCUT2D eigenvalue weighted by atomic mass is 9.75. The van der Waals surface area contributed by atoms with E-state index in [0.29, 0.717) is 5.92 Å². The molecule has 1 N–H and O–H groups in total. The summed E-state index contributed by atoms with van der Waals surface area (Å²) in [5.74, 6) is 0.462. The van der Waals surface area contributed by atoms with Crippen LogP contribution in [0.3, 0.4) is 0 Å². The number of rotatable bonds is 6. The fourth-order valence-corrected chi connectivity index (χ4v) is 3.41. The first-order chi connectivity index (χ1) is 10.0. The molecular formula is C17H25BrFNO. The molecule has 1 aliphatic heterocycles. The van der Waals surface area contributed by atoms with Crippen molar-refractivity contribution < 1.29 is 9.13 Å². The van der Waals surface area contributed by atoms with E-state index in [1.807, 2.05) is 6.07 Å². The second kappa shape index (κ2) is 7.70. The van der Waals surface area contributed by atoms with Crippen LogP contribution in [0.15, 0.2) is 22.7 Å². The quantitative estimate of drug-likeness (QED) is 0.824. The molecule has 0 atom stereocenters. The van der Waals surface area contributed by atoms with Gasteiger partial charge < -0.3 is 10.1 Å². The Labute approximate surface area is 135 Å². The number of benzene rings is 1. The van der Waals surface area contributed by atoms with Crippen molar-refractivity contribution in [3.63, 3.8) is 0 Å². The van der Waals surface area contributed by atoms with Crippen molar-refractivity contribution in [2.24, 2.45) is 11.3 Å². The van der Waals surface area contributed by atoms with Gasteiger partial charge in [0.1, 0.15) is 5.82 Å². The lowest BCUT2D eigenvalue weighted by Gasteiger charge is -2.38. The predicted octanol–water partition coefficient (Wildman–Crippen LogP) is 4.17. The van der Waals surface area contributed by atoms with Crippen LogP contribution in [0.5, 0.6) is 0 Å². The third kappa shape index (κ3) is 5.04. The van der Waals surface area contributed by atoms with Gasteiger partial charge in [0.15, 0.2) is 0 Å². The van der Waals surface area contributed by atoms with E-state index >= 15 is 0 Å². The Kier molecular flexibility index (Phi) is 6.20. The third-order valence-electron chi connectivity index (χ3n) is 4.19. The summed E-state index contributed by atoms with van der Waals surface area (Å²) in [5.41, 5.74) is 1.40. The number of ether oxygens (including phenoxy) is 1. The van der Waals surface area contributed by atoms with Crippen molar-refractivity contribution in [3.05, 3.63) is 34.1 Å². The number of halogens is 2. The Balaban J connectivity index is 2.08. The van der Waals surface area contributed by atoms with Gasteiger partial charge in [-0.25, -0.2) is 4.39 Å². The normalized spacial score (nSPS) is 18.1. The van der Waals surface area contributed by atoms with Gasteiger partial charge in [0.25, 0.3) is 0 Å². The van der Waals surface area contributed by atoms with Crippen LogP contribution in [0.2, 0.25) is 0 Å². The lowest BCUT2D eigenvalue weighted by molar-refractivity contribution is 0.0146. The minimum Gasteiger partial charge on any atom is -0.381 e. The highest BCUT2D eigenvalue weighted by atomic mass is 79.9. The fraction of sp³-hybridized carbons (Fsp3) is 0.647. The molecule has 118 valence electrons. The second-order valence-electron chi connectivity index (χ2n) is 6.55. The molecule has 21 heavy (non-hydrogen) atoms. The molecule has 4 heteroatoms. The topological polar surface area (TPSA) is 21.3 Å². The molecule has 1 aliphatic rings. The summed E-state index contributed by atoms with van der Waals surface area (Å²) in [6.45, 7) is 8.12. The van der Waals surface area contributed by atoms with E-state index in [2.05, 4.69) is 35.1 Å². The average molecular weight is 358 g/mol. The highest BCUT2D eigenvalue weighted by Gasteiger charge is 2.33. The minimum absolute atomic E-state index is 0.190. The zero-order valence-electron chi connectivity index (χ0n) is 12.9. The molecule has 1 saturated heterocycles. The van der Waals surface area contributed by atoms with Crippen molar-refractivity contribution >= 4 is 15.9 Å². The fourth-order valence-electron chi connectivity index (χ4n) is 2.92. The molecule has 1 fully saturated rings. The summed E-state index contributed by atoms with van der Waals surface area (Å²) in [6, 6.07) is 5.01. The zero-order valence-corrected chi connectivity index (χ0v) is 14.5. The van der Waals surface area contributed by atoms with Crippen LogP contribution >= 0.6 is 15.9 Å². The van der Waals surface area contributed by atoms with Gasteiger partial charge in [-0.05, 0) is 54.8 Å². The van der Waals surface area contributed by atoms with Gasteiger partial charge in [0, 0.05) is 24.2 Å². The molecule has 0 saturated carbocycles. The number of hydrogen-bond acceptors (Lipinski definition) is 2. The van der Waals surface area contributed by atoms with Crippen LogP contribution < -0.4 is 5.32 Å². The van der Waals surface area contributed by atoms with Crippen LogP contribution in [0.25, 0.3) is 0 Å². The average Bonchev–Trinajstić information content (AvgIpc) is 2.43. The van der Waals surface area contributed by atoms with Crippen molar-refractivity contribution in [3.8, 4) is 0 Å². The first-order valence-electron chi connectivity index (χ1n) is 7.73. The van der Waals surface area contributed by atoms with Gasteiger partial charge in [0.05, 0.1) is 0 Å². The van der Waals surface area contributed by atoms with Gasteiger partial charge in [0.2, 0.25) is 0 Å². The van der Waals surface area contributed by atoms with Crippen LogP contribution in [-0.4, -0.2) is 26.3 Å². The molecule has 1 aromatic rings. The predicted molar refractivity (Wildman–Crippen MR) is 88.0 cm³/mol. The van der Waals surface area contributed by atoms with E-state index in [4.69, 9.17) is 4.74 Å². The molecule has 0 bridgehead atoms. The van der Waals surface area contributed by atoms with Gasteiger partial charge in [-0.3, -0.25) is 0 Å². The molecule has 0 aliphatic carbocycles. The third-order valence-corrected chi connectivity index (χ3v) is 4.92. The van der Waals surface area contributed by atoms with Gasteiger partial charge in [-0.1, -0.05) is 35.8 Å². The molecule has 1 aromatic carbocycles. The summed E-state index contributed by atoms with van der Waals surface area (Å²) in [4.78, 5) is 0. The van der Waals surface area contributed by atoms with E-state index in [1.54, 1.807) is 12.1 Å². The van der Waals surface area contributed by atoms with Crippen molar-refractivity contribution in [2.45, 2.75) is 33.1 Å². The monoisotopic (exact) mass is 357 g/mol. The van der Waals surface area contributed by atoms with Crippen molar-refractivity contribution in [2.75, 3.05) is 26.3 Å². The molecule has 0 amide bonds. The standard InChI is InChI=1S/C17H25BrFNO/c1-13(2)11-20-12-17(5-7-21-8-6-17)10-14-3-4-15(19)9-16(14)18/h3-4,9,13,20H,5-8,10-12H2,1-2H3. The van der Waals surface area contributed by atoms with Crippen LogP contribution in [-0.2, 0) is 11.2 Å². The number of nitrogens with one attached hydrogen (secondary N) is 1. The van der Waals surface area contributed by atoms with Crippen LogP contribution in [0, 0.1) is 17.2 Å². The van der Waals surface area contributed by atoms with Crippen molar-refractivity contribution in [1.82, 2.24) is 5.32 Å². The maximum atomic E-state index is 13.3. The summed E-state index contributed by atoms with van der Waals surface area (Å²) in [6.07, 6.45) is 3.08.